The summed E-state index contributed by atoms with van der Waals surface area (Å²) in [7, 11) is 0. The highest BCUT2D eigenvalue weighted by atomic mass is 19.1. The number of carbonyl (C=O) groups excluding carboxylic acids is 2. The summed E-state index contributed by atoms with van der Waals surface area (Å²) in [5, 5.41) is 6.64. The molecule has 0 aliphatic heterocycles. The normalized spacial score (nSPS) is 12.0. The molecule has 154 valence electrons. The van der Waals surface area contributed by atoms with Gasteiger partial charge in [-0.1, -0.05) is 32.9 Å². The summed E-state index contributed by atoms with van der Waals surface area (Å²) in [5.41, 5.74) is 3.50. The summed E-state index contributed by atoms with van der Waals surface area (Å²) < 4.78 is 18.6. The lowest BCUT2D eigenvalue weighted by molar-refractivity contribution is -0.123. The average Bonchev–Trinajstić information content (AvgIpc) is 2.70. The van der Waals surface area contributed by atoms with Crippen LogP contribution in [0.4, 0.5) is 4.39 Å². The second kappa shape index (κ2) is 10.9. The quantitative estimate of drug-likeness (QED) is 0.500. The van der Waals surface area contributed by atoms with Crippen molar-refractivity contribution in [3.8, 4) is 5.75 Å². The van der Waals surface area contributed by atoms with Gasteiger partial charge in [0.25, 0.3) is 11.8 Å². The van der Waals surface area contributed by atoms with Crippen LogP contribution in [0.25, 0.3) is 0 Å². The molecule has 2 aromatic carbocycles. The largest absolute Gasteiger partial charge is 0.494 e. The van der Waals surface area contributed by atoms with Crippen molar-refractivity contribution in [1.82, 2.24) is 10.7 Å². The van der Waals surface area contributed by atoms with E-state index in [1.54, 1.807) is 0 Å². The second-order valence-electron chi connectivity index (χ2n) is 6.86. The van der Waals surface area contributed by atoms with Crippen LogP contribution >= 0.6 is 0 Å². The van der Waals surface area contributed by atoms with Crippen LogP contribution in [0.3, 0.4) is 0 Å². The molecular formula is C22H26FN3O3. The van der Waals surface area contributed by atoms with Crippen molar-refractivity contribution >= 4 is 18.0 Å². The van der Waals surface area contributed by atoms with Gasteiger partial charge in [-0.15, -0.1) is 0 Å². The molecule has 6 nitrogen and oxygen atoms in total. The highest BCUT2D eigenvalue weighted by molar-refractivity contribution is 5.97. The lowest BCUT2D eigenvalue weighted by Gasteiger charge is -2.20. The van der Waals surface area contributed by atoms with E-state index in [0.717, 1.165) is 17.7 Å². The Kier molecular flexibility index (Phi) is 8.33. The van der Waals surface area contributed by atoms with E-state index < -0.39 is 23.7 Å². The summed E-state index contributed by atoms with van der Waals surface area (Å²) in [5.74, 6) is -0.763. The SMILES string of the molecule is CCCOc1cccc(/C=N/NC(=O)C(NC(=O)c2ccc(F)cc2)C(C)C)c1. The smallest absolute Gasteiger partial charge is 0.262 e. The van der Waals surface area contributed by atoms with Crippen LogP contribution in [-0.4, -0.2) is 30.7 Å². The molecule has 2 aromatic rings. The van der Waals surface area contributed by atoms with Crippen molar-refractivity contribution in [1.29, 1.82) is 0 Å². The Labute approximate surface area is 170 Å². The van der Waals surface area contributed by atoms with Gasteiger partial charge < -0.3 is 10.1 Å². The van der Waals surface area contributed by atoms with Gasteiger partial charge in [-0.25, -0.2) is 9.82 Å². The first-order chi connectivity index (χ1) is 13.9. The van der Waals surface area contributed by atoms with Gasteiger partial charge in [0.1, 0.15) is 17.6 Å². The molecule has 0 aliphatic carbocycles. The minimum absolute atomic E-state index is 0.166. The van der Waals surface area contributed by atoms with Crippen LogP contribution in [0, 0.1) is 11.7 Å². The molecule has 2 rings (SSSR count). The fourth-order valence-electron chi connectivity index (χ4n) is 2.51. The predicted octanol–water partition coefficient (Wildman–Crippen LogP) is 3.52. The lowest BCUT2D eigenvalue weighted by atomic mass is 10.0. The molecule has 1 unspecified atom stereocenters. The van der Waals surface area contributed by atoms with Gasteiger partial charge >= 0.3 is 0 Å². The molecule has 7 heteroatoms. The van der Waals surface area contributed by atoms with Gasteiger partial charge in [-0.2, -0.15) is 5.10 Å². The summed E-state index contributed by atoms with van der Waals surface area (Å²) >= 11 is 0. The first kappa shape index (κ1) is 22.1. The molecule has 0 aliphatic rings. The molecule has 0 saturated heterocycles. The number of ether oxygens (including phenoxy) is 1. The molecule has 2 N–H and O–H groups in total. The minimum Gasteiger partial charge on any atom is -0.494 e. The summed E-state index contributed by atoms with van der Waals surface area (Å²) in [6, 6.07) is 11.7. The zero-order valence-corrected chi connectivity index (χ0v) is 16.8. The number of benzene rings is 2. The molecule has 0 spiro atoms. The number of hydrogen-bond donors (Lipinski definition) is 2. The number of hydrazone groups is 1. The Bertz CT molecular complexity index is 851. The number of hydrogen-bond acceptors (Lipinski definition) is 4. The third-order valence-electron chi connectivity index (χ3n) is 4.06. The van der Waals surface area contributed by atoms with E-state index in [-0.39, 0.29) is 11.5 Å². The summed E-state index contributed by atoms with van der Waals surface area (Å²) in [4.78, 5) is 24.8. The Hall–Kier alpha value is -3.22. The molecule has 2 amide bonds. The molecule has 0 aromatic heterocycles. The Morgan fingerprint density at radius 3 is 2.55 bits per heavy atom. The van der Waals surface area contributed by atoms with Crippen LogP contribution in [0.15, 0.2) is 53.6 Å². The number of rotatable bonds is 9. The summed E-state index contributed by atoms with van der Waals surface area (Å²) in [6.45, 7) is 6.28. The molecule has 29 heavy (non-hydrogen) atoms. The maximum absolute atomic E-state index is 13.0. The van der Waals surface area contributed by atoms with Crippen molar-refractivity contribution in [2.75, 3.05) is 6.61 Å². The van der Waals surface area contributed by atoms with Crippen molar-refractivity contribution in [2.24, 2.45) is 11.0 Å². The van der Waals surface area contributed by atoms with Gasteiger partial charge in [0.15, 0.2) is 0 Å². The first-order valence-corrected chi connectivity index (χ1v) is 9.53. The molecule has 0 bridgehead atoms. The predicted molar refractivity (Wildman–Crippen MR) is 110 cm³/mol. The van der Waals surface area contributed by atoms with E-state index in [0.29, 0.717) is 6.61 Å². The number of carbonyl (C=O) groups is 2. The van der Waals surface area contributed by atoms with Crippen molar-refractivity contribution in [3.05, 3.63) is 65.5 Å². The van der Waals surface area contributed by atoms with Gasteiger partial charge in [-0.05, 0) is 54.3 Å². The van der Waals surface area contributed by atoms with Crippen LogP contribution in [0.5, 0.6) is 5.75 Å². The monoisotopic (exact) mass is 399 g/mol. The van der Waals surface area contributed by atoms with Crippen molar-refractivity contribution in [3.63, 3.8) is 0 Å². The second-order valence-corrected chi connectivity index (χ2v) is 6.86. The fraction of sp³-hybridized carbons (Fsp3) is 0.318. The van der Waals surface area contributed by atoms with Crippen LogP contribution in [-0.2, 0) is 4.79 Å². The number of halogens is 1. The van der Waals surface area contributed by atoms with E-state index in [2.05, 4.69) is 15.8 Å². The Morgan fingerprint density at radius 1 is 1.17 bits per heavy atom. The van der Waals surface area contributed by atoms with E-state index in [1.807, 2.05) is 45.0 Å². The maximum atomic E-state index is 13.0. The van der Waals surface area contributed by atoms with Gasteiger partial charge in [0, 0.05) is 5.56 Å². The molecule has 1 atom stereocenters. The highest BCUT2D eigenvalue weighted by Crippen LogP contribution is 2.12. The lowest BCUT2D eigenvalue weighted by Crippen LogP contribution is -2.48. The number of nitrogens with one attached hydrogen (secondary N) is 2. The average molecular weight is 399 g/mol. The van der Waals surface area contributed by atoms with Gasteiger partial charge in [-0.3, -0.25) is 9.59 Å². The molecule has 0 radical (unpaired) electrons. The Balaban J connectivity index is 1.98. The van der Waals surface area contributed by atoms with Gasteiger partial charge in [0.05, 0.1) is 12.8 Å². The molecular weight excluding hydrogens is 373 g/mol. The van der Waals surface area contributed by atoms with Crippen LogP contribution in [0.2, 0.25) is 0 Å². The topological polar surface area (TPSA) is 79.8 Å². The Morgan fingerprint density at radius 2 is 1.90 bits per heavy atom. The molecule has 0 heterocycles. The highest BCUT2D eigenvalue weighted by Gasteiger charge is 2.24. The zero-order valence-electron chi connectivity index (χ0n) is 16.8. The standard InChI is InChI=1S/C22H26FN3O3/c1-4-12-29-19-7-5-6-16(13-19)14-24-26-22(28)20(15(2)3)25-21(27)17-8-10-18(23)11-9-17/h5-11,13-15,20H,4,12H2,1-3H3,(H,25,27)(H,26,28)/b24-14+. The van der Waals surface area contributed by atoms with E-state index in [4.69, 9.17) is 4.74 Å². The van der Waals surface area contributed by atoms with Crippen molar-refractivity contribution < 1.29 is 18.7 Å². The molecule has 0 fully saturated rings. The van der Waals surface area contributed by atoms with E-state index in [9.17, 15) is 14.0 Å². The van der Waals surface area contributed by atoms with Crippen LogP contribution < -0.4 is 15.5 Å². The summed E-state index contributed by atoms with van der Waals surface area (Å²) in [6.07, 6.45) is 2.42. The molecule has 0 saturated carbocycles. The zero-order chi connectivity index (χ0) is 21.2. The van der Waals surface area contributed by atoms with Crippen LogP contribution in [0.1, 0.15) is 43.1 Å². The van der Waals surface area contributed by atoms with E-state index in [1.165, 1.54) is 30.5 Å². The fourth-order valence-corrected chi connectivity index (χ4v) is 2.51. The third-order valence-corrected chi connectivity index (χ3v) is 4.06. The van der Waals surface area contributed by atoms with Crippen molar-refractivity contribution in [2.45, 2.75) is 33.2 Å². The first-order valence-electron chi connectivity index (χ1n) is 9.53. The van der Waals surface area contributed by atoms with Gasteiger partial charge in [0.2, 0.25) is 0 Å². The minimum atomic E-state index is -0.788. The van der Waals surface area contributed by atoms with E-state index >= 15 is 0 Å². The third kappa shape index (κ3) is 7.03. The number of amides is 2. The maximum Gasteiger partial charge on any atom is 0.262 e. The number of nitrogens with zero attached hydrogens (tertiary/aromatic N) is 1.